The van der Waals surface area contributed by atoms with Gasteiger partial charge in [0.1, 0.15) is 12.2 Å². The van der Waals surface area contributed by atoms with Crippen molar-refractivity contribution in [1.82, 2.24) is 15.0 Å². The molecular weight excluding hydrogens is 178 g/mol. The fourth-order valence-corrected chi connectivity index (χ4v) is 1.44. The first-order chi connectivity index (χ1) is 6.72. The number of rotatable bonds is 2. The Bertz CT molecular complexity index is 462. The summed E-state index contributed by atoms with van der Waals surface area (Å²) in [5.74, 6) is 0. The molecule has 0 aliphatic rings. The summed E-state index contributed by atoms with van der Waals surface area (Å²) < 4.78 is 6.78. The van der Waals surface area contributed by atoms with E-state index < -0.39 is 0 Å². The maximum absolute atomic E-state index is 5.02. The van der Waals surface area contributed by atoms with Crippen LogP contribution in [0.1, 0.15) is 11.1 Å². The summed E-state index contributed by atoms with van der Waals surface area (Å²) in [6.45, 7) is 4.60. The Labute approximate surface area is 82.5 Å². The zero-order valence-corrected chi connectivity index (χ0v) is 8.61. The Kier molecular flexibility index (Phi) is 2.21. The lowest BCUT2D eigenvalue weighted by atomic mass is 10.1. The molecule has 14 heavy (non-hydrogen) atoms. The highest BCUT2D eigenvalue weighted by atomic mass is 16.5. The number of ether oxygens (including phenoxy) is 1. The number of fused-ring (bicyclic) bond motifs is 1. The highest BCUT2D eigenvalue weighted by molar-refractivity contribution is 5.76. The zero-order valence-electron chi connectivity index (χ0n) is 8.61. The maximum atomic E-state index is 5.02. The molecule has 0 atom stereocenters. The monoisotopic (exact) mass is 191 g/mol. The lowest BCUT2D eigenvalue weighted by Crippen LogP contribution is -2.01. The summed E-state index contributed by atoms with van der Waals surface area (Å²) in [5, 5.41) is 8.08. The van der Waals surface area contributed by atoms with Gasteiger partial charge in [-0.05, 0) is 37.1 Å². The van der Waals surface area contributed by atoms with Crippen LogP contribution in [0, 0.1) is 13.8 Å². The van der Waals surface area contributed by atoms with E-state index in [1.54, 1.807) is 11.8 Å². The highest BCUT2D eigenvalue weighted by Gasteiger charge is 2.05. The summed E-state index contributed by atoms with van der Waals surface area (Å²) >= 11 is 0. The Morgan fingerprint density at radius 3 is 2.71 bits per heavy atom. The molecule has 0 unspecified atom stereocenters. The van der Waals surface area contributed by atoms with Crippen LogP contribution in [0.4, 0.5) is 0 Å². The van der Waals surface area contributed by atoms with Gasteiger partial charge in [-0.2, -0.15) is 0 Å². The minimum atomic E-state index is 0.443. The molecule has 0 spiro atoms. The molecule has 1 aromatic carbocycles. The molecule has 74 valence electrons. The molecule has 2 rings (SSSR count). The van der Waals surface area contributed by atoms with E-state index in [4.69, 9.17) is 4.74 Å². The molecule has 0 fully saturated rings. The van der Waals surface area contributed by atoms with Gasteiger partial charge in [0, 0.05) is 7.11 Å². The van der Waals surface area contributed by atoms with Crippen LogP contribution in [0.2, 0.25) is 0 Å². The van der Waals surface area contributed by atoms with E-state index in [2.05, 4.69) is 30.2 Å². The first-order valence-electron chi connectivity index (χ1n) is 4.52. The Morgan fingerprint density at radius 1 is 1.29 bits per heavy atom. The second-order valence-electron chi connectivity index (χ2n) is 3.43. The third kappa shape index (κ3) is 1.37. The molecular formula is C10H13N3O. The van der Waals surface area contributed by atoms with Gasteiger partial charge in [0.2, 0.25) is 0 Å². The summed E-state index contributed by atoms with van der Waals surface area (Å²) in [6, 6.07) is 4.13. The predicted molar refractivity (Wildman–Crippen MR) is 54.0 cm³/mol. The lowest BCUT2D eigenvalue weighted by molar-refractivity contribution is 0.122. The fraction of sp³-hybridized carbons (Fsp3) is 0.400. The molecule has 0 N–H and O–H groups in total. The van der Waals surface area contributed by atoms with E-state index in [1.807, 2.05) is 6.07 Å². The van der Waals surface area contributed by atoms with Gasteiger partial charge in [-0.1, -0.05) is 5.21 Å². The van der Waals surface area contributed by atoms with Crippen molar-refractivity contribution in [2.75, 3.05) is 7.11 Å². The maximum Gasteiger partial charge on any atom is 0.141 e. The van der Waals surface area contributed by atoms with Crippen LogP contribution in [0.3, 0.4) is 0 Å². The van der Waals surface area contributed by atoms with Crippen molar-refractivity contribution in [2.45, 2.75) is 20.6 Å². The van der Waals surface area contributed by atoms with E-state index in [0.717, 1.165) is 11.0 Å². The van der Waals surface area contributed by atoms with Crippen LogP contribution in [0.15, 0.2) is 12.1 Å². The average molecular weight is 191 g/mol. The van der Waals surface area contributed by atoms with E-state index in [-0.39, 0.29) is 0 Å². The molecule has 4 nitrogen and oxygen atoms in total. The van der Waals surface area contributed by atoms with Crippen molar-refractivity contribution in [1.29, 1.82) is 0 Å². The third-order valence-electron chi connectivity index (χ3n) is 2.38. The normalized spacial score (nSPS) is 11.1. The second-order valence-corrected chi connectivity index (χ2v) is 3.43. The van der Waals surface area contributed by atoms with Crippen LogP contribution in [0.25, 0.3) is 11.0 Å². The number of methoxy groups -OCH3 is 1. The molecule has 0 aliphatic heterocycles. The largest absolute Gasteiger partial charge is 0.362 e. The van der Waals surface area contributed by atoms with E-state index in [9.17, 15) is 0 Å². The van der Waals surface area contributed by atoms with Gasteiger partial charge in [-0.3, -0.25) is 0 Å². The molecule has 0 bridgehead atoms. The summed E-state index contributed by atoms with van der Waals surface area (Å²) in [4.78, 5) is 0. The van der Waals surface area contributed by atoms with Crippen molar-refractivity contribution in [2.24, 2.45) is 0 Å². The van der Waals surface area contributed by atoms with Gasteiger partial charge in [0.05, 0.1) is 5.52 Å². The second kappa shape index (κ2) is 3.38. The van der Waals surface area contributed by atoms with Gasteiger partial charge in [-0.25, -0.2) is 4.68 Å². The van der Waals surface area contributed by atoms with Crippen molar-refractivity contribution >= 4 is 11.0 Å². The van der Waals surface area contributed by atoms with Crippen LogP contribution >= 0.6 is 0 Å². The number of hydrogen-bond acceptors (Lipinski definition) is 3. The first kappa shape index (κ1) is 9.15. The number of aryl methyl sites for hydroxylation is 2. The molecule has 0 amide bonds. The quantitative estimate of drug-likeness (QED) is 0.724. The summed E-state index contributed by atoms with van der Waals surface area (Å²) in [5.41, 5.74) is 4.43. The molecule has 4 heteroatoms. The van der Waals surface area contributed by atoms with Gasteiger partial charge >= 0.3 is 0 Å². The number of benzene rings is 1. The van der Waals surface area contributed by atoms with Crippen molar-refractivity contribution in [3.05, 3.63) is 23.3 Å². The Balaban J connectivity index is 2.61. The average Bonchev–Trinajstić information content (AvgIpc) is 2.51. The number of aromatic nitrogens is 3. The molecule has 0 aliphatic carbocycles. The van der Waals surface area contributed by atoms with Crippen molar-refractivity contribution < 1.29 is 4.74 Å². The van der Waals surface area contributed by atoms with E-state index in [0.29, 0.717) is 6.73 Å². The summed E-state index contributed by atoms with van der Waals surface area (Å²) in [7, 11) is 1.65. The SMILES string of the molecule is COCn1nnc2cc(C)c(C)cc21. The van der Waals surface area contributed by atoms with Crippen LogP contribution < -0.4 is 0 Å². The topological polar surface area (TPSA) is 39.9 Å². The number of hydrogen-bond donors (Lipinski definition) is 0. The van der Waals surface area contributed by atoms with Crippen molar-refractivity contribution in [3.8, 4) is 0 Å². The molecule has 0 saturated carbocycles. The molecule has 1 heterocycles. The van der Waals surface area contributed by atoms with Gasteiger partial charge in [-0.15, -0.1) is 5.10 Å². The lowest BCUT2D eigenvalue weighted by Gasteiger charge is -2.02. The zero-order chi connectivity index (χ0) is 10.1. The third-order valence-corrected chi connectivity index (χ3v) is 2.38. The number of nitrogens with zero attached hydrogens (tertiary/aromatic N) is 3. The van der Waals surface area contributed by atoms with Crippen LogP contribution in [0.5, 0.6) is 0 Å². The minimum absolute atomic E-state index is 0.443. The minimum Gasteiger partial charge on any atom is -0.362 e. The van der Waals surface area contributed by atoms with Gasteiger partial charge in [0.25, 0.3) is 0 Å². The summed E-state index contributed by atoms with van der Waals surface area (Å²) in [6.07, 6.45) is 0. The van der Waals surface area contributed by atoms with Gasteiger partial charge in [0.15, 0.2) is 0 Å². The fourth-order valence-electron chi connectivity index (χ4n) is 1.44. The van der Waals surface area contributed by atoms with Crippen LogP contribution in [-0.4, -0.2) is 22.1 Å². The van der Waals surface area contributed by atoms with Crippen molar-refractivity contribution in [3.63, 3.8) is 0 Å². The smallest absolute Gasteiger partial charge is 0.141 e. The predicted octanol–water partition coefficient (Wildman–Crippen LogP) is 1.65. The van der Waals surface area contributed by atoms with Gasteiger partial charge < -0.3 is 4.74 Å². The standard InChI is InChI=1S/C10H13N3O/c1-7-4-9-10(5-8(7)2)13(6-14-3)12-11-9/h4-5H,6H2,1-3H3. The molecule has 0 radical (unpaired) electrons. The molecule has 1 aromatic heterocycles. The Morgan fingerprint density at radius 2 is 2.00 bits per heavy atom. The first-order valence-corrected chi connectivity index (χ1v) is 4.52. The van der Waals surface area contributed by atoms with E-state index in [1.165, 1.54) is 11.1 Å². The molecule has 2 aromatic rings. The Hall–Kier alpha value is -1.42. The van der Waals surface area contributed by atoms with E-state index >= 15 is 0 Å². The molecule has 0 saturated heterocycles. The van der Waals surface area contributed by atoms with Crippen LogP contribution in [-0.2, 0) is 11.5 Å². The highest BCUT2D eigenvalue weighted by Crippen LogP contribution is 2.16.